The number of likely N-dealkylation sites (tertiary alicyclic amines) is 2. The monoisotopic (exact) mass is 410 g/mol. The van der Waals surface area contributed by atoms with Gasteiger partial charge in [-0.2, -0.15) is 5.10 Å². The lowest BCUT2D eigenvalue weighted by Gasteiger charge is -2.41. The van der Waals surface area contributed by atoms with E-state index in [2.05, 4.69) is 20.2 Å². The molecule has 2 aromatic rings. The number of pyridine rings is 1. The lowest BCUT2D eigenvalue weighted by Crippen LogP contribution is -2.51. The van der Waals surface area contributed by atoms with Crippen LogP contribution in [-0.4, -0.2) is 75.1 Å². The summed E-state index contributed by atoms with van der Waals surface area (Å²) in [7, 11) is 1.55. The SMILES string of the molecule is COc1ccc(C(=O)N2CC[C@@]3(c4n[nH]c(C)n4)CN(C(=O)C4CC4)C[C@H]3C2)cn1. The molecule has 1 aliphatic carbocycles. The summed E-state index contributed by atoms with van der Waals surface area (Å²) in [6.45, 7) is 4.34. The van der Waals surface area contributed by atoms with E-state index in [1.54, 1.807) is 25.4 Å². The van der Waals surface area contributed by atoms with Gasteiger partial charge in [-0.25, -0.2) is 9.97 Å². The number of piperidine rings is 1. The van der Waals surface area contributed by atoms with Crippen LogP contribution < -0.4 is 4.74 Å². The molecular weight excluding hydrogens is 384 g/mol. The van der Waals surface area contributed by atoms with Gasteiger partial charge in [0.1, 0.15) is 5.82 Å². The number of rotatable bonds is 4. The highest BCUT2D eigenvalue weighted by Gasteiger charge is 2.55. The highest BCUT2D eigenvalue weighted by molar-refractivity contribution is 5.94. The van der Waals surface area contributed by atoms with Crippen LogP contribution in [0.2, 0.25) is 0 Å². The number of aromatic nitrogens is 4. The van der Waals surface area contributed by atoms with Crippen molar-refractivity contribution in [3.63, 3.8) is 0 Å². The van der Waals surface area contributed by atoms with Crippen LogP contribution in [0.1, 0.15) is 41.3 Å². The van der Waals surface area contributed by atoms with Crippen molar-refractivity contribution in [1.29, 1.82) is 0 Å². The van der Waals surface area contributed by atoms with Crippen LogP contribution in [0.4, 0.5) is 0 Å². The second kappa shape index (κ2) is 7.07. The maximum Gasteiger partial charge on any atom is 0.255 e. The Hall–Kier alpha value is -2.97. The van der Waals surface area contributed by atoms with Gasteiger partial charge in [0.05, 0.1) is 18.1 Å². The first-order chi connectivity index (χ1) is 14.5. The Labute approximate surface area is 174 Å². The molecule has 9 nitrogen and oxygen atoms in total. The fraction of sp³-hybridized carbons (Fsp3) is 0.571. The van der Waals surface area contributed by atoms with Crippen LogP contribution in [0.25, 0.3) is 0 Å². The van der Waals surface area contributed by atoms with Gasteiger partial charge in [0.15, 0.2) is 5.82 Å². The molecular formula is C21H26N6O3. The molecule has 2 atom stereocenters. The molecule has 0 aromatic carbocycles. The van der Waals surface area contributed by atoms with Gasteiger partial charge in [-0.3, -0.25) is 14.7 Å². The third kappa shape index (κ3) is 3.12. The molecule has 0 bridgehead atoms. The smallest absolute Gasteiger partial charge is 0.255 e. The summed E-state index contributed by atoms with van der Waals surface area (Å²) < 4.78 is 5.08. The van der Waals surface area contributed by atoms with Gasteiger partial charge in [0.2, 0.25) is 11.8 Å². The third-order valence-electron chi connectivity index (χ3n) is 6.72. The Morgan fingerprint density at radius 1 is 1.23 bits per heavy atom. The van der Waals surface area contributed by atoms with Crippen molar-refractivity contribution < 1.29 is 14.3 Å². The van der Waals surface area contributed by atoms with E-state index in [4.69, 9.17) is 4.74 Å². The number of aromatic amines is 1. The molecule has 1 N–H and O–H groups in total. The average Bonchev–Trinajstić information content (AvgIpc) is 3.41. The highest BCUT2D eigenvalue weighted by Crippen LogP contribution is 2.45. The van der Waals surface area contributed by atoms with Crippen LogP contribution in [0.15, 0.2) is 18.3 Å². The molecule has 2 amide bonds. The van der Waals surface area contributed by atoms with E-state index in [9.17, 15) is 9.59 Å². The van der Waals surface area contributed by atoms with E-state index in [1.807, 2.05) is 16.7 Å². The number of hydrogen-bond acceptors (Lipinski definition) is 6. The fourth-order valence-electron chi connectivity index (χ4n) is 4.86. The molecule has 158 valence electrons. The quantitative estimate of drug-likeness (QED) is 0.811. The standard InChI is InChI=1S/C21H26N6O3/c1-13-23-20(25-24-13)21-7-8-26(19(29)15-5-6-17(30-2)22-9-15)10-16(21)11-27(12-21)18(28)14-3-4-14/h5-6,9,14,16H,3-4,7-8,10-12H2,1-2H3,(H,23,24,25)/t16-,21-/m1/s1. The number of amides is 2. The predicted octanol–water partition coefficient (Wildman–Crippen LogP) is 1.17. The number of ether oxygens (including phenoxy) is 1. The minimum Gasteiger partial charge on any atom is -0.481 e. The molecule has 2 aromatic heterocycles. The second-order valence-electron chi connectivity index (χ2n) is 8.68. The minimum absolute atomic E-state index is 0.0445. The molecule has 3 aliphatic rings. The maximum absolute atomic E-state index is 13.1. The Balaban J connectivity index is 1.39. The lowest BCUT2D eigenvalue weighted by atomic mass is 9.71. The average molecular weight is 410 g/mol. The van der Waals surface area contributed by atoms with Gasteiger partial charge in [-0.1, -0.05) is 0 Å². The highest BCUT2D eigenvalue weighted by atomic mass is 16.5. The van der Waals surface area contributed by atoms with E-state index in [0.29, 0.717) is 37.6 Å². The normalized spacial score (nSPS) is 25.9. The number of carbonyl (C=O) groups excluding carboxylic acids is 2. The van der Waals surface area contributed by atoms with Crippen molar-refractivity contribution >= 4 is 11.8 Å². The second-order valence-corrected chi connectivity index (χ2v) is 8.68. The number of methoxy groups -OCH3 is 1. The van der Waals surface area contributed by atoms with Crippen molar-refractivity contribution in [3.8, 4) is 5.88 Å². The van der Waals surface area contributed by atoms with E-state index in [-0.39, 0.29) is 29.1 Å². The van der Waals surface area contributed by atoms with Crippen molar-refractivity contribution in [2.75, 3.05) is 33.3 Å². The van der Waals surface area contributed by atoms with Gasteiger partial charge >= 0.3 is 0 Å². The molecule has 3 fully saturated rings. The van der Waals surface area contributed by atoms with Crippen LogP contribution in [0.3, 0.4) is 0 Å². The summed E-state index contributed by atoms with van der Waals surface area (Å²) in [6.07, 6.45) is 4.27. The van der Waals surface area contributed by atoms with Crippen LogP contribution in [0.5, 0.6) is 5.88 Å². The Morgan fingerprint density at radius 2 is 2.03 bits per heavy atom. The van der Waals surface area contributed by atoms with Gasteiger partial charge in [0, 0.05) is 50.3 Å². The molecule has 0 spiro atoms. The Morgan fingerprint density at radius 3 is 2.67 bits per heavy atom. The number of carbonyl (C=O) groups is 2. The molecule has 2 aliphatic heterocycles. The lowest BCUT2D eigenvalue weighted by molar-refractivity contribution is -0.131. The topological polar surface area (TPSA) is 104 Å². The summed E-state index contributed by atoms with van der Waals surface area (Å²) in [5, 5.41) is 7.43. The van der Waals surface area contributed by atoms with Crippen molar-refractivity contribution in [2.45, 2.75) is 31.6 Å². The summed E-state index contributed by atoms with van der Waals surface area (Å²) in [5.74, 6) is 2.51. The van der Waals surface area contributed by atoms with Gasteiger partial charge in [-0.05, 0) is 32.3 Å². The molecule has 30 heavy (non-hydrogen) atoms. The Kier molecular flexibility index (Phi) is 4.48. The zero-order chi connectivity index (χ0) is 20.9. The largest absolute Gasteiger partial charge is 0.481 e. The predicted molar refractivity (Wildman–Crippen MR) is 107 cm³/mol. The first-order valence-electron chi connectivity index (χ1n) is 10.5. The minimum atomic E-state index is -0.301. The third-order valence-corrected chi connectivity index (χ3v) is 6.72. The van der Waals surface area contributed by atoms with Gasteiger partial charge in [0.25, 0.3) is 5.91 Å². The van der Waals surface area contributed by atoms with Crippen molar-refractivity contribution in [1.82, 2.24) is 30.0 Å². The first-order valence-corrected chi connectivity index (χ1v) is 10.5. The zero-order valence-corrected chi connectivity index (χ0v) is 17.3. The molecule has 5 rings (SSSR count). The number of aryl methyl sites for hydroxylation is 1. The molecule has 0 unspecified atom stereocenters. The Bertz CT molecular complexity index is 969. The van der Waals surface area contributed by atoms with Crippen molar-refractivity contribution in [2.24, 2.45) is 11.8 Å². The number of nitrogens with zero attached hydrogens (tertiary/aromatic N) is 5. The van der Waals surface area contributed by atoms with Crippen LogP contribution in [0, 0.1) is 18.8 Å². The van der Waals surface area contributed by atoms with E-state index in [1.165, 1.54) is 0 Å². The fourth-order valence-corrected chi connectivity index (χ4v) is 4.86. The molecule has 0 radical (unpaired) electrons. The first kappa shape index (κ1) is 19.0. The summed E-state index contributed by atoms with van der Waals surface area (Å²) in [6, 6.07) is 3.44. The number of H-pyrrole nitrogens is 1. The maximum atomic E-state index is 13.1. The summed E-state index contributed by atoms with van der Waals surface area (Å²) in [5.41, 5.74) is 0.241. The zero-order valence-electron chi connectivity index (χ0n) is 17.3. The van der Waals surface area contributed by atoms with Gasteiger partial charge < -0.3 is 14.5 Å². The number of nitrogens with one attached hydrogen (secondary N) is 1. The molecule has 1 saturated carbocycles. The number of fused-ring (bicyclic) bond motifs is 1. The van der Waals surface area contributed by atoms with E-state index < -0.39 is 0 Å². The van der Waals surface area contributed by atoms with Crippen LogP contribution in [-0.2, 0) is 10.2 Å². The summed E-state index contributed by atoms with van der Waals surface area (Å²) in [4.78, 5) is 38.5. The van der Waals surface area contributed by atoms with E-state index in [0.717, 1.165) is 30.9 Å². The van der Waals surface area contributed by atoms with Crippen molar-refractivity contribution in [3.05, 3.63) is 35.5 Å². The summed E-state index contributed by atoms with van der Waals surface area (Å²) >= 11 is 0. The molecule has 4 heterocycles. The van der Waals surface area contributed by atoms with Crippen LogP contribution >= 0.6 is 0 Å². The van der Waals surface area contributed by atoms with Gasteiger partial charge in [-0.15, -0.1) is 0 Å². The molecule has 2 saturated heterocycles. The number of hydrogen-bond donors (Lipinski definition) is 1. The molecule has 9 heteroatoms. The van der Waals surface area contributed by atoms with E-state index >= 15 is 0 Å².